The molecule has 0 N–H and O–H groups in total. The van der Waals surface area contributed by atoms with Crippen molar-refractivity contribution in [1.29, 1.82) is 0 Å². The van der Waals surface area contributed by atoms with Crippen LogP contribution in [0.2, 0.25) is 0 Å². The molecule has 2 amide bonds. The molecule has 3 heterocycles. The van der Waals surface area contributed by atoms with Crippen molar-refractivity contribution in [2.24, 2.45) is 11.3 Å². The fourth-order valence-electron chi connectivity index (χ4n) is 3.96. The predicted octanol–water partition coefficient (Wildman–Crippen LogP) is 0.529. The molecule has 7 nitrogen and oxygen atoms in total. The van der Waals surface area contributed by atoms with Crippen molar-refractivity contribution in [3.8, 4) is 0 Å². The summed E-state index contributed by atoms with van der Waals surface area (Å²) < 4.78 is 1.68. The smallest absolute Gasteiger partial charge is 0.242 e. The van der Waals surface area contributed by atoms with Crippen LogP contribution in [0.5, 0.6) is 0 Å². The Morgan fingerprint density at radius 3 is 2.74 bits per heavy atom. The standard InChI is InChI=1S/C16H23N5O2/c22-14(9-19-11-17-18-12-19)21-7-5-16(10-21)4-1-6-20(15(16)23)8-13-2-3-13/h11-13H,1-10H2/t16-/m0/s1. The third kappa shape index (κ3) is 2.84. The van der Waals surface area contributed by atoms with Crippen LogP contribution in [-0.4, -0.2) is 62.6 Å². The molecule has 23 heavy (non-hydrogen) atoms. The van der Waals surface area contributed by atoms with E-state index in [2.05, 4.69) is 15.1 Å². The van der Waals surface area contributed by atoms with Crippen LogP contribution >= 0.6 is 0 Å². The number of amides is 2. The van der Waals surface area contributed by atoms with E-state index in [1.807, 2.05) is 4.90 Å². The molecule has 1 atom stereocenters. The molecule has 2 aliphatic heterocycles. The fourth-order valence-corrected chi connectivity index (χ4v) is 3.96. The Hall–Kier alpha value is -1.92. The van der Waals surface area contributed by atoms with E-state index >= 15 is 0 Å². The molecule has 1 saturated carbocycles. The van der Waals surface area contributed by atoms with Gasteiger partial charge in [-0.2, -0.15) is 0 Å². The summed E-state index contributed by atoms with van der Waals surface area (Å²) in [5.41, 5.74) is -0.323. The number of nitrogens with zero attached hydrogens (tertiary/aromatic N) is 5. The second-order valence-electron chi connectivity index (χ2n) is 7.28. The molecular formula is C16H23N5O2. The number of carbonyl (C=O) groups excluding carboxylic acids is 2. The van der Waals surface area contributed by atoms with Crippen molar-refractivity contribution in [2.45, 2.75) is 38.6 Å². The van der Waals surface area contributed by atoms with Crippen molar-refractivity contribution in [3.05, 3.63) is 12.7 Å². The molecule has 4 rings (SSSR count). The van der Waals surface area contributed by atoms with E-state index < -0.39 is 0 Å². The van der Waals surface area contributed by atoms with Crippen LogP contribution in [0.1, 0.15) is 32.1 Å². The van der Waals surface area contributed by atoms with Crippen molar-refractivity contribution >= 4 is 11.8 Å². The minimum atomic E-state index is -0.323. The first-order valence-electron chi connectivity index (χ1n) is 8.56. The van der Waals surface area contributed by atoms with Gasteiger partial charge in [-0.15, -0.1) is 10.2 Å². The van der Waals surface area contributed by atoms with E-state index in [0.29, 0.717) is 13.1 Å². The first-order chi connectivity index (χ1) is 11.2. The summed E-state index contributed by atoms with van der Waals surface area (Å²) in [5.74, 6) is 1.06. The highest BCUT2D eigenvalue weighted by Crippen LogP contribution is 2.41. The minimum absolute atomic E-state index is 0.0498. The van der Waals surface area contributed by atoms with Gasteiger partial charge in [0.05, 0.1) is 5.41 Å². The molecule has 3 aliphatic rings. The zero-order valence-electron chi connectivity index (χ0n) is 13.4. The van der Waals surface area contributed by atoms with Gasteiger partial charge in [-0.3, -0.25) is 9.59 Å². The molecular weight excluding hydrogens is 294 g/mol. The molecule has 1 spiro atoms. The second-order valence-corrected chi connectivity index (χ2v) is 7.28. The maximum atomic E-state index is 13.0. The average Bonchev–Trinajstić information content (AvgIpc) is 3.03. The van der Waals surface area contributed by atoms with Gasteiger partial charge < -0.3 is 14.4 Å². The highest BCUT2D eigenvalue weighted by Gasteiger charge is 2.49. The molecule has 0 radical (unpaired) electrons. The monoisotopic (exact) mass is 317 g/mol. The molecule has 1 aromatic heterocycles. The molecule has 7 heteroatoms. The lowest BCUT2D eigenvalue weighted by atomic mass is 9.78. The number of hydrogen-bond donors (Lipinski definition) is 0. The number of aromatic nitrogens is 3. The van der Waals surface area contributed by atoms with Crippen LogP contribution < -0.4 is 0 Å². The number of carbonyl (C=O) groups is 2. The van der Waals surface area contributed by atoms with Crippen molar-refractivity contribution < 1.29 is 9.59 Å². The Morgan fingerprint density at radius 2 is 2.00 bits per heavy atom. The van der Waals surface area contributed by atoms with E-state index in [4.69, 9.17) is 0 Å². The largest absolute Gasteiger partial charge is 0.342 e. The van der Waals surface area contributed by atoms with Gasteiger partial charge in [0, 0.05) is 26.2 Å². The van der Waals surface area contributed by atoms with Crippen LogP contribution in [0.25, 0.3) is 0 Å². The molecule has 0 bridgehead atoms. The lowest BCUT2D eigenvalue weighted by Gasteiger charge is -2.39. The van der Waals surface area contributed by atoms with Gasteiger partial charge in [0.25, 0.3) is 0 Å². The first kappa shape index (κ1) is 14.7. The normalized spacial score (nSPS) is 27.9. The molecule has 1 aromatic rings. The Balaban J connectivity index is 1.41. The van der Waals surface area contributed by atoms with Gasteiger partial charge in [0.2, 0.25) is 11.8 Å². The van der Waals surface area contributed by atoms with Gasteiger partial charge in [0.15, 0.2) is 0 Å². The van der Waals surface area contributed by atoms with Crippen LogP contribution in [0.3, 0.4) is 0 Å². The first-order valence-corrected chi connectivity index (χ1v) is 8.56. The molecule has 124 valence electrons. The zero-order chi connectivity index (χ0) is 15.9. The van der Waals surface area contributed by atoms with Crippen molar-refractivity contribution in [2.75, 3.05) is 26.2 Å². The highest BCUT2D eigenvalue weighted by atomic mass is 16.2. The lowest BCUT2D eigenvalue weighted by molar-refractivity contribution is -0.146. The van der Waals surface area contributed by atoms with Gasteiger partial charge in [-0.1, -0.05) is 0 Å². The van der Waals surface area contributed by atoms with Crippen LogP contribution in [0.15, 0.2) is 12.7 Å². The van der Waals surface area contributed by atoms with Crippen LogP contribution in [0, 0.1) is 11.3 Å². The molecule has 0 unspecified atom stereocenters. The Morgan fingerprint density at radius 1 is 1.22 bits per heavy atom. The molecule has 1 aliphatic carbocycles. The fraction of sp³-hybridized carbons (Fsp3) is 0.750. The quantitative estimate of drug-likeness (QED) is 0.812. The Labute approximate surface area is 135 Å². The molecule has 3 fully saturated rings. The predicted molar refractivity (Wildman–Crippen MR) is 82.2 cm³/mol. The summed E-state index contributed by atoms with van der Waals surface area (Å²) in [5, 5.41) is 7.44. The second kappa shape index (κ2) is 5.62. The third-order valence-corrected chi connectivity index (χ3v) is 5.49. The Kier molecular flexibility index (Phi) is 3.58. The molecule has 0 aromatic carbocycles. The SMILES string of the molecule is O=C(Cn1cnnc1)N1CC[C@@]2(CCCN(CC3CC3)C2=O)C1. The van der Waals surface area contributed by atoms with Crippen LogP contribution in [-0.2, 0) is 16.1 Å². The Bertz CT molecular complexity index is 598. The number of rotatable bonds is 4. The number of likely N-dealkylation sites (tertiary alicyclic amines) is 2. The van der Waals surface area contributed by atoms with Gasteiger partial charge in [-0.05, 0) is 38.0 Å². The maximum Gasteiger partial charge on any atom is 0.242 e. The maximum absolute atomic E-state index is 13.0. The van der Waals surface area contributed by atoms with E-state index in [1.54, 1.807) is 17.2 Å². The summed E-state index contributed by atoms with van der Waals surface area (Å²) in [6.45, 7) is 3.34. The van der Waals surface area contributed by atoms with Gasteiger partial charge >= 0.3 is 0 Å². The topological polar surface area (TPSA) is 71.3 Å². The summed E-state index contributed by atoms with van der Waals surface area (Å²) >= 11 is 0. The molecule has 2 saturated heterocycles. The van der Waals surface area contributed by atoms with E-state index in [1.165, 1.54) is 12.8 Å². The third-order valence-electron chi connectivity index (χ3n) is 5.49. The van der Waals surface area contributed by atoms with Crippen LogP contribution in [0.4, 0.5) is 0 Å². The van der Waals surface area contributed by atoms with E-state index in [9.17, 15) is 9.59 Å². The lowest BCUT2D eigenvalue weighted by Crippen LogP contribution is -2.51. The number of hydrogen-bond acceptors (Lipinski definition) is 4. The minimum Gasteiger partial charge on any atom is -0.342 e. The summed E-state index contributed by atoms with van der Waals surface area (Å²) in [7, 11) is 0. The highest BCUT2D eigenvalue weighted by molar-refractivity contribution is 5.86. The summed E-state index contributed by atoms with van der Waals surface area (Å²) in [4.78, 5) is 29.3. The van der Waals surface area contributed by atoms with E-state index in [0.717, 1.165) is 38.3 Å². The van der Waals surface area contributed by atoms with E-state index in [-0.39, 0.29) is 23.8 Å². The average molecular weight is 317 g/mol. The number of piperidine rings is 1. The van der Waals surface area contributed by atoms with Crippen molar-refractivity contribution in [3.63, 3.8) is 0 Å². The van der Waals surface area contributed by atoms with Gasteiger partial charge in [-0.25, -0.2) is 0 Å². The zero-order valence-corrected chi connectivity index (χ0v) is 13.4. The summed E-state index contributed by atoms with van der Waals surface area (Å²) in [6, 6.07) is 0. The van der Waals surface area contributed by atoms with Gasteiger partial charge in [0.1, 0.15) is 19.2 Å². The summed E-state index contributed by atoms with van der Waals surface area (Å²) in [6.07, 6.45) is 8.41. The van der Waals surface area contributed by atoms with Crippen molar-refractivity contribution in [1.82, 2.24) is 24.6 Å².